The predicted molar refractivity (Wildman–Crippen MR) is 29.5 cm³/mol. The Balaban J connectivity index is 0. The molecular weight excluding hydrogens is 78.1 g/mol. The van der Waals surface area contributed by atoms with Gasteiger partial charge in [0.15, 0.2) is 0 Å². The van der Waals surface area contributed by atoms with Crippen LogP contribution in [0.2, 0.25) is 0 Å². The molecular formula is C3H12NSi. The second-order valence-corrected chi connectivity index (χ2v) is 1.34. The minimum absolute atomic E-state index is 0. The van der Waals surface area contributed by atoms with Crippen LogP contribution in [0.25, 0.3) is 0 Å². The molecule has 2 heteroatoms. The van der Waals surface area contributed by atoms with Crippen LogP contribution in [0.5, 0.6) is 0 Å². The average Bonchev–Trinajstić information content (AvgIpc) is 0.811. The molecule has 0 saturated carbocycles. The zero-order chi connectivity index (χ0) is 3.58. The van der Waals surface area contributed by atoms with E-state index in [0.29, 0.717) is 0 Å². The second-order valence-electron chi connectivity index (χ2n) is 1.34. The lowest BCUT2D eigenvalue weighted by Crippen LogP contribution is -1.99. The Kier molecular flexibility index (Phi) is 7.48. The topological polar surface area (TPSA) is 3.24 Å². The summed E-state index contributed by atoms with van der Waals surface area (Å²) in [5, 5.41) is 0. The summed E-state index contributed by atoms with van der Waals surface area (Å²) < 4.78 is 0. The monoisotopic (exact) mass is 90.1 g/mol. The molecule has 0 N–H and O–H groups in total. The number of rotatable bonds is 0. The lowest BCUT2D eigenvalue weighted by atomic mass is 11.0. The molecule has 0 aliphatic carbocycles. The fraction of sp³-hybridized carbons (Fsp3) is 1.00. The van der Waals surface area contributed by atoms with Gasteiger partial charge in [0, 0.05) is 0 Å². The second kappa shape index (κ2) is 4.18. The molecule has 5 heavy (non-hydrogen) atoms. The zero-order valence-electron chi connectivity index (χ0n) is 4.45. The van der Waals surface area contributed by atoms with Crippen LogP contribution in [0.15, 0.2) is 0 Å². The van der Waals surface area contributed by atoms with Gasteiger partial charge in [-0.2, -0.15) is 0 Å². The maximum atomic E-state index is 2.00. The van der Waals surface area contributed by atoms with Gasteiger partial charge >= 0.3 is 0 Å². The van der Waals surface area contributed by atoms with Crippen molar-refractivity contribution in [3.8, 4) is 0 Å². The van der Waals surface area contributed by atoms with Crippen molar-refractivity contribution in [2.24, 2.45) is 0 Å². The average molecular weight is 90.2 g/mol. The van der Waals surface area contributed by atoms with Crippen molar-refractivity contribution in [3.05, 3.63) is 0 Å². The summed E-state index contributed by atoms with van der Waals surface area (Å²) in [5.74, 6) is 0. The van der Waals surface area contributed by atoms with E-state index in [0.717, 1.165) is 0 Å². The van der Waals surface area contributed by atoms with Gasteiger partial charge in [-0.1, -0.05) is 0 Å². The first-order valence-corrected chi connectivity index (χ1v) is 1.34. The summed E-state index contributed by atoms with van der Waals surface area (Å²) >= 11 is 0. The van der Waals surface area contributed by atoms with E-state index in [1.165, 1.54) is 0 Å². The third-order valence-electron chi connectivity index (χ3n) is 0. The maximum absolute atomic E-state index is 2.00. The highest BCUT2D eigenvalue weighted by Crippen LogP contribution is 1.47. The third-order valence-corrected chi connectivity index (χ3v) is 0. The molecule has 0 aromatic heterocycles. The van der Waals surface area contributed by atoms with Crippen molar-refractivity contribution in [3.63, 3.8) is 0 Å². The number of hydrogen-bond donors (Lipinski definition) is 0. The Labute approximate surface area is 38.0 Å². The molecule has 0 unspecified atom stereocenters. The first-order valence-electron chi connectivity index (χ1n) is 1.34. The lowest BCUT2D eigenvalue weighted by molar-refractivity contribution is 0.505. The van der Waals surface area contributed by atoms with Crippen LogP contribution in [0, 0.1) is 0 Å². The Morgan fingerprint density at radius 1 is 1.00 bits per heavy atom. The summed E-state index contributed by atoms with van der Waals surface area (Å²) in [5.41, 5.74) is 0. The molecule has 0 aliphatic rings. The number of hydrogen-bond acceptors (Lipinski definition) is 1. The number of nitrogens with zero attached hydrogens (tertiary/aromatic N) is 1. The standard InChI is InChI=1S/C3H9N.H3Si/c1-4(2)3;/h1-3H3;1H3. The maximum Gasteiger partial charge on any atom is -0.0125 e. The summed E-state index contributed by atoms with van der Waals surface area (Å²) in [7, 11) is 6.00. The summed E-state index contributed by atoms with van der Waals surface area (Å²) in [6.45, 7) is 0. The largest absolute Gasteiger partial charge is 0.312 e. The van der Waals surface area contributed by atoms with Crippen LogP contribution in [-0.4, -0.2) is 37.0 Å². The Bertz CT molecular complexity index is 11.6. The highest BCUT2D eigenvalue weighted by atomic mass is 28.1. The van der Waals surface area contributed by atoms with Gasteiger partial charge in [0.25, 0.3) is 0 Å². The van der Waals surface area contributed by atoms with E-state index >= 15 is 0 Å². The van der Waals surface area contributed by atoms with Gasteiger partial charge in [-0.25, -0.2) is 0 Å². The smallest absolute Gasteiger partial charge is 0.0125 e. The van der Waals surface area contributed by atoms with Crippen molar-refractivity contribution in [2.45, 2.75) is 0 Å². The van der Waals surface area contributed by atoms with Gasteiger partial charge in [-0.15, -0.1) is 0 Å². The molecule has 0 bridgehead atoms. The Morgan fingerprint density at radius 2 is 1.00 bits per heavy atom. The summed E-state index contributed by atoms with van der Waals surface area (Å²) in [6.07, 6.45) is 0. The highest BCUT2D eigenvalue weighted by Gasteiger charge is 1.58. The highest BCUT2D eigenvalue weighted by molar-refractivity contribution is 5.75. The molecule has 33 valence electrons. The van der Waals surface area contributed by atoms with E-state index in [-0.39, 0.29) is 11.0 Å². The van der Waals surface area contributed by atoms with E-state index in [4.69, 9.17) is 0 Å². The minimum Gasteiger partial charge on any atom is -0.312 e. The Morgan fingerprint density at radius 3 is 1.00 bits per heavy atom. The van der Waals surface area contributed by atoms with Gasteiger partial charge in [0.1, 0.15) is 0 Å². The molecule has 0 saturated heterocycles. The molecule has 0 aliphatic heterocycles. The minimum atomic E-state index is 0. The van der Waals surface area contributed by atoms with Crippen LogP contribution < -0.4 is 0 Å². The van der Waals surface area contributed by atoms with Crippen molar-refractivity contribution in [1.82, 2.24) is 4.90 Å². The normalized spacial score (nSPS) is 7.20. The molecule has 1 radical (unpaired) electrons. The van der Waals surface area contributed by atoms with Gasteiger partial charge in [0.05, 0.1) is 0 Å². The van der Waals surface area contributed by atoms with Crippen LogP contribution in [-0.2, 0) is 0 Å². The van der Waals surface area contributed by atoms with Crippen LogP contribution in [0.3, 0.4) is 0 Å². The molecule has 0 aromatic rings. The van der Waals surface area contributed by atoms with Gasteiger partial charge in [-0.3, -0.25) is 0 Å². The van der Waals surface area contributed by atoms with Crippen molar-refractivity contribution >= 4 is 11.0 Å². The van der Waals surface area contributed by atoms with Crippen molar-refractivity contribution in [2.75, 3.05) is 21.1 Å². The molecule has 1 nitrogen and oxygen atoms in total. The van der Waals surface area contributed by atoms with E-state index in [1.807, 2.05) is 26.0 Å². The van der Waals surface area contributed by atoms with Crippen molar-refractivity contribution in [1.29, 1.82) is 0 Å². The molecule has 0 spiro atoms. The van der Waals surface area contributed by atoms with E-state index in [2.05, 4.69) is 0 Å². The van der Waals surface area contributed by atoms with Crippen molar-refractivity contribution < 1.29 is 0 Å². The van der Waals surface area contributed by atoms with E-state index in [9.17, 15) is 0 Å². The molecule has 0 fully saturated rings. The SMILES string of the molecule is CN(C)C.[SiH3]. The molecule has 0 rings (SSSR count). The Hall–Kier alpha value is 0.177. The molecule has 0 amide bonds. The molecule has 0 aromatic carbocycles. The van der Waals surface area contributed by atoms with Gasteiger partial charge in [0.2, 0.25) is 0 Å². The van der Waals surface area contributed by atoms with Gasteiger partial charge < -0.3 is 4.90 Å². The van der Waals surface area contributed by atoms with Gasteiger partial charge in [-0.05, 0) is 32.1 Å². The van der Waals surface area contributed by atoms with Crippen LogP contribution >= 0.6 is 0 Å². The first-order chi connectivity index (χ1) is 1.73. The third kappa shape index (κ3) is 633. The van der Waals surface area contributed by atoms with E-state index < -0.39 is 0 Å². The van der Waals surface area contributed by atoms with Crippen LogP contribution in [0.1, 0.15) is 0 Å². The lowest BCUT2D eigenvalue weighted by Gasteiger charge is -1.90. The molecule has 0 heterocycles. The zero-order valence-corrected chi connectivity index (χ0v) is 6.45. The summed E-state index contributed by atoms with van der Waals surface area (Å²) in [6, 6.07) is 0. The summed E-state index contributed by atoms with van der Waals surface area (Å²) in [4.78, 5) is 2.00. The predicted octanol–water partition coefficient (Wildman–Crippen LogP) is -1.01. The first kappa shape index (κ1) is 8.95. The fourth-order valence-electron chi connectivity index (χ4n) is 0. The fourth-order valence-corrected chi connectivity index (χ4v) is 0. The molecule has 0 atom stereocenters. The quantitative estimate of drug-likeness (QED) is 0.345. The van der Waals surface area contributed by atoms with Crippen LogP contribution in [0.4, 0.5) is 0 Å². The van der Waals surface area contributed by atoms with E-state index in [1.54, 1.807) is 0 Å².